The van der Waals surface area contributed by atoms with Crippen molar-refractivity contribution in [1.82, 2.24) is 9.62 Å². The van der Waals surface area contributed by atoms with Gasteiger partial charge in [0.25, 0.3) is 0 Å². The van der Waals surface area contributed by atoms with E-state index < -0.39 is 10.0 Å². The molecule has 116 valence electrons. The van der Waals surface area contributed by atoms with Crippen LogP contribution >= 0.6 is 0 Å². The number of furan rings is 2. The van der Waals surface area contributed by atoms with E-state index in [0.29, 0.717) is 18.1 Å². The van der Waals surface area contributed by atoms with Crippen LogP contribution < -0.4 is 5.32 Å². The van der Waals surface area contributed by atoms with Crippen molar-refractivity contribution in [3.05, 3.63) is 41.7 Å². The second kappa shape index (κ2) is 6.46. The summed E-state index contributed by atoms with van der Waals surface area (Å²) in [7, 11) is -2.04. The van der Waals surface area contributed by atoms with Crippen molar-refractivity contribution in [3.63, 3.8) is 0 Å². The van der Waals surface area contributed by atoms with Crippen molar-refractivity contribution < 1.29 is 17.3 Å². The highest BCUT2D eigenvalue weighted by atomic mass is 32.2. The Hall–Kier alpha value is -1.57. The van der Waals surface area contributed by atoms with E-state index >= 15 is 0 Å². The summed E-state index contributed by atoms with van der Waals surface area (Å²) in [4.78, 5) is 0.210. The molecule has 0 radical (unpaired) electrons. The van der Waals surface area contributed by atoms with Gasteiger partial charge in [0.1, 0.15) is 16.4 Å². The third-order valence-corrected chi connectivity index (χ3v) is 5.06. The number of hydrogen-bond donors (Lipinski definition) is 1. The first kappa shape index (κ1) is 15.8. The Morgan fingerprint density at radius 2 is 2.14 bits per heavy atom. The lowest BCUT2D eigenvalue weighted by atomic mass is 10.3. The summed E-state index contributed by atoms with van der Waals surface area (Å²) in [6, 6.07) is 3.32. The predicted octanol–water partition coefficient (Wildman–Crippen LogP) is 2.11. The van der Waals surface area contributed by atoms with Gasteiger partial charge in [0.2, 0.25) is 10.0 Å². The van der Waals surface area contributed by atoms with E-state index in [1.165, 1.54) is 16.8 Å². The van der Waals surface area contributed by atoms with Crippen molar-refractivity contribution in [2.75, 3.05) is 13.6 Å². The van der Waals surface area contributed by atoms with Crippen molar-refractivity contribution >= 4 is 10.0 Å². The number of nitrogens with one attached hydrogen (secondary N) is 1. The van der Waals surface area contributed by atoms with Gasteiger partial charge in [0, 0.05) is 25.2 Å². The Labute approximate surface area is 124 Å². The van der Waals surface area contributed by atoms with Crippen molar-refractivity contribution in [3.8, 4) is 0 Å². The highest BCUT2D eigenvalue weighted by molar-refractivity contribution is 7.89. The third kappa shape index (κ3) is 3.55. The molecule has 2 heterocycles. The molecular formula is C14H20N2O4S. The van der Waals surface area contributed by atoms with Crippen LogP contribution in [0.3, 0.4) is 0 Å². The van der Waals surface area contributed by atoms with Crippen LogP contribution in [0.25, 0.3) is 0 Å². The zero-order chi connectivity index (χ0) is 15.5. The Morgan fingerprint density at radius 3 is 2.76 bits per heavy atom. The van der Waals surface area contributed by atoms with Crippen molar-refractivity contribution in [1.29, 1.82) is 0 Å². The Kier molecular flexibility index (Phi) is 4.87. The first-order valence-electron chi connectivity index (χ1n) is 6.72. The molecule has 0 aliphatic carbocycles. The lowest BCUT2D eigenvalue weighted by Gasteiger charge is -2.15. The average molecular weight is 312 g/mol. The fraction of sp³-hybridized carbons (Fsp3) is 0.429. The van der Waals surface area contributed by atoms with Crippen LogP contribution in [-0.4, -0.2) is 26.3 Å². The van der Waals surface area contributed by atoms with Crippen LogP contribution in [0, 0.1) is 6.92 Å². The van der Waals surface area contributed by atoms with Crippen LogP contribution in [0.5, 0.6) is 0 Å². The van der Waals surface area contributed by atoms with Gasteiger partial charge in [-0.3, -0.25) is 0 Å². The molecule has 2 aromatic rings. The van der Waals surface area contributed by atoms with Crippen LogP contribution in [-0.2, 0) is 23.1 Å². The fourth-order valence-corrected chi connectivity index (χ4v) is 3.35. The summed E-state index contributed by atoms with van der Waals surface area (Å²) in [6.07, 6.45) is 3.05. The van der Waals surface area contributed by atoms with E-state index in [-0.39, 0.29) is 11.4 Å². The van der Waals surface area contributed by atoms with Gasteiger partial charge in [-0.15, -0.1) is 0 Å². The van der Waals surface area contributed by atoms with E-state index in [2.05, 4.69) is 5.32 Å². The van der Waals surface area contributed by atoms with E-state index in [9.17, 15) is 8.42 Å². The lowest BCUT2D eigenvalue weighted by molar-refractivity contribution is 0.448. The van der Waals surface area contributed by atoms with E-state index in [4.69, 9.17) is 8.83 Å². The smallest absolute Gasteiger partial charge is 0.246 e. The number of hydrogen-bond acceptors (Lipinski definition) is 5. The Bertz CT molecular complexity index is 674. The number of aryl methyl sites for hydroxylation is 1. The summed E-state index contributed by atoms with van der Waals surface area (Å²) in [5.74, 6) is 1.02. The molecule has 2 rings (SSSR count). The van der Waals surface area contributed by atoms with E-state index in [1.807, 2.05) is 6.92 Å². The van der Waals surface area contributed by atoms with Gasteiger partial charge in [-0.05, 0) is 19.5 Å². The normalized spacial score (nSPS) is 12.2. The molecule has 0 aliphatic rings. The maximum atomic E-state index is 12.6. The van der Waals surface area contributed by atoms with Crippen molar-refractivity contribution in [2.45, 2.75) is 31.8 Å². The second-order valence-electron chi connectivity index (χ2n) is 4.81. The van der Waals surface area contributed by atoms with Gasteiger partial charge in [-0.2, -0.15) is 4.31 Å². The summed E-state index contributed by atoms with van der Waals surface area (Å²) < 4.78 is 36.9. The summed E-state index contributed by atoms with van der Waals surface area (Å²) >= 11 is 0. The molecule has 7 heteroatoms. The highest BCUT2D eigenvalue weighted by Gasteiger charge is 2.26. The van der Waals surface area contributed by atoms with Crippen LogP contribution in [0.15, 0.2) is 38.4 Å². The monoisotopic (exact) mass is 312 g/mol. The highest BCUT2D eigenvalue weighted by Crippen LogP contribution is 2.24. The van der Waals surface area contributed by atoms with Crippen LogP contribution in [0.2, 0.25) is 0 Å². The number of nitrogens with zero attached hydrogens (tertiary/aromatic N) is 1. The topological polar surface area (TPSA) is 75.7 Å². The Balaban J connectivity index is 2.20. The SMILES string of the molecule is CCNCc1cc(S(=O)(=O)N(C)Cc2ccoc2)c(C)o1. The molecule has 0 bridgehead atoms. The molecular weight excluding hydrogens is 292 g/mol. The van der Waals surface area contributed by atoms with Gasteiger partial charge in [0.05, 0.1) is 19.1 Å². The standard InChI is InChI=1S/C14H20N2O4S/c1-4-15-8-13-7-14(11(2)20-13)21(17,18)16(3)9-12-5-6-19-10-12/h5-7,10,15H,4,8-9H2,1-3H3. The van der Waals surface area contributed by atoms with Gasteiger partial charge < -0.3 is 14.2 Å². The zero-order valence-electron chi connectivity index (χ0n) is 12.4. The van der Waals surface area contributed by atoms with Gasteiger partial charge in [0.15, 0.2) is 0 Å². The largest absolute Gasteiger partial charge is 0.472 e. The molecule has 1 N–H and O–H groups in total. The lowest BCUT2D eigenvalue weighted by Crippen LogP contribution is -2.26. The average Bonchev–Trinajstić information content (AvgIpc) is 3.06. The summed E-state index contributed by atoms with van der Waals surface area (Å²) in [5, 5.41) is 3.11. The summed E-state index contributed by atoms with van der Waals surface area (Å²) in [5.41, 5.74) is 0.801. The molecule has 0 aromatic carbocycles. The molecule has 21 heavy (non-hydrogen) atoms. The number of rotatable bonds is 7. The molecule has 6 nitrogen and oxygen atoms in total. The molecule has 0 saturated carbocycles. The van der Waals surface area contributed by atoms with Gasteiger partial charge in [-0.1, -0.05) is 6.92 Å². The van der Waals surface area contributed by atoms with Gasteiger partial charge >= 0.3 is 0 Å². The molecule has 2 aromatic heterocycles. The van der Waals surface area contributed by atoms with Crippen LogP contribution in [0.1, 0.15) is 24.0 Å². The molecule has 0 unspecified atom stereocenters. The van der Waals surface area contributed by atoms with Gasteiger partial charge in [-0.25, -0.2) is 8.42 Å². The maximum Gasteiger partial charge on any atom is 0.246 e. The maximum absolute atomic E-state index is 12.6. The fourth-order valence-electron chi connectivity index (χ4n) is 2.01. The van der Waals surface area contributed by atoms with E-state index in [1.54, 1.807) is 26.1 Å². The minimum absolute atomic E-state index is 0.210. The molecule has 0 spiro atoms. The predicted molar refractivity (Wildman–Crippen MR) is 78.2 cm³/mol. The van der Waals surface area contributed by atoms with Crippen LogP contribution in [0.4, 0.5) is 0 Å². The molecule has 0 atom stereocenters. The van der Waals surface area contributed by atoms with E-state index in [0.717, 1.165) is 12.1 Å². The second-order valence-corrected chi connectivity index (χ2v) is 6.82. The molecule has 0 amide bonds. The first-order valence-corrected chi connectivity index (χ1v) is 8.16. The molecule has 0 aliphatic heterocycles. The molecule has 0 fully saturated rings. The quantitative estimate of drug-likeness (QED) is 0.847. The molecule has 0 saturated heterocycles. The summed E-state index contributed by atoms with van der Waals surface area (Å²) in [6.45, 7) is 5.20. The third-order valence-electron chi connectivity index (χ3n) is 3.15. The Morgan fingerprint density at radius 1 is 1.38 bits per heavy atom. The zero-order valence-corrected chi connectivity index (χ0v) is 13.2. The van der Waals surface area contributed by atoms with Crippen molar-refractivity contribution in [2.24, 2.45) is 0 Å². The first-order chi connectivity index (χ1) is 9.95. The minimum atomic E-state index is -3.58. The number of sulfonamides is 1. The minimum Gasteiger partial charge on any atom is -0.472 e.